The zero-order chi connectivity index (χ0) is 25.3. The van der Waals surface area contributed by atoms with Gasteiger partial charge in [-0.2, -0.15) is 15.6 Å². The molecule has 1 aliphatic heterocycles. The van der Waals surface area contributed by atoms with Crippen molar-refractivity contribution >= 4 is 44.9 Å². The lowest BCUT2D eigenvalue weighted by molar-refractivity contribution is 0.242. The average molecular weight is 528 g/mol. The van der Waals surface area contributed by atoms with Gasteiger partial charge in [-0.25, -0.2) is 4.98 Å². The largest absolute Gasteiger partial charge is 0.491 e. The van der Waals surface area contributed by atoms with Crippen LogP contribution >= 0.6 is 22.2 Å². The molecule has 36 heavy (non-hydrogen) atoms. The molecule has 0 aliphatic carbocycles. The molecule has 0 unspecified atom stereocenters. The van der Waals surface area contributed by atoms with Crippen molar-refractivity contribution in [3.05, 3.63) is 71.5 Å². The highest BCUT2D eigenvalue weighted by Gasteiger charge is 2.22. The van der Waals surface area contributed by atoms with Crippen LogP contribution in [-0.2, 0) is 6.54 Å². The summed E-state index contributed by atoms with van der Waals surface area (Å²) in [6, 6.07) is 15.7. The first-order valence-electron chi connectivity index (χ1n) is 11.9. The summed E-state index contributed by atoms with van der Waals surface area (Å²) in [5.74, 6) is 2.16. The van der Waals surface area contributed by atoms with E-state index in [9.17, 15) is 9.11 Å². The number of ether oxygens (including phenoxy) is 1. The van der Waals surface area contributed by atoms with Crippen LogP contribution in [-0.4, -0.2) is 59.2 Å². The second-order valence-corrected chi connectivity index (χ2v) is 12.1. The van der Waals surface area contributed by atoms with E-state index in [-0.39, 0.29) is 6.10 Å². The Kier molecular flexibility index (Phi) is 7.09. The molecule has 5 rings (SSSR count). The van der Waals surface area contributed by atoms with Gasteiger partial charge in [0.2, 0.25) is 5.95 Å². The highest BCUT2D eigenvalue weighted by Crippen LogP contribution is 2.40. The fourth-order valence-corrected chi connectivity index (χ4v) is 5.72. The molecule has 10 heteroatoms. The van der Waals surface area contributed by atoms with Gasteiger partial charge in [-0.3, -0.25) is 14.0 Å². The number of hydrogen-bond donors (Lipinski definition) is 3. The lowest BCUT2D eigenvalue weighted by atomic mass is 10.2. The Hall–Kier alpha value is -2.82. The Morgan fingerprint density at radius 1 is 1.08 bits per heavy atom. The van der Waals surface area contributed by atoms with Gasteiger partial charge in [-0.1, -0.05) is 17.7 Å². The maximum atomic E-state index is 9.85. The molecule has 3 heterocycles. The van der Waals surface area contributed by atoms with Gasteiger partial charge in [0.15, 0.2) is 0 Å². The van der Waals surface area contributed by atoms with E-state index in [4.69, 9.17) is 21.3 Å². The summed E-state index contributed by atoms with van der Waals surface area (Å²) < 4.78 is 27.4. The van der Waals surface area contributed by atoms with E-state index in [2.05, 4.69) is 15.2 Å². The maximum Gasteiger partial charge on any atom is 0.229 e. The normalized spacial score (nSPS) is 16.8. The smallest absolute Gasteiger partial charge is 0.229 e. The Balaban J connectivity index is 1.33. The number of nitrogens with zero attached hydrogens (tertiary/aromatic N) is 4. The van der Waals surface area contributed by atoms with Crippen LogP contribution in [0.4, 0.5) is 11.6 Å². The van der Waals surface area contributed by atoms with Crippen molar-refractivity contribution in [3.8, 4) is 11.4 Å². The first-order valence-corrected chi connectivity index (χ1v) is 14.1. The van der Waals surface area contributed by atoms with Crippen LogP contribution in [0, 0.1) is 0 Å². The van der Waals surface area contributed by atoms with Crippen molar-refractivity contribution in [2.75, 3.05) is 29.9 Å². The van der Waals surface area contributed by atoms with Crippen molar-refractivity contribution in [3.63, 3.8) is 0 Å². The third kappa shape index (κ3) is 5.77. The van der Waals surface area contributed by atoms with Crippen molar-refractivity contribution in [1.29, 1.82) is 0 Å². The number of fused-ring (bicyclic) bond motifs is 1. The van der Waals surface area contributed by atoms with Crippen LogP contribution in [0.5, 0.6) is 5.75 Å². The fourth-order valence-electron chi connectivity index (χ4n) is 4.18. The third-order valence-corrected chi connectivity index (χ3v) is 8.11. The van der Waals surface area contributed by atoms with E-state index < -0.39 is 10.6 Å². The minimum atomic E-state index is -2.41. The van der Waals surface area contributed by atoms with Crippen LogP contribution in [0.1, 0.15) is 19.4 Å². The molecule has 1 aliphatic rings. The average Bonchev–Trinajstić information content (AvgIpc) is 3.26. The van der Waals surface area contributed by atoms with Crippen LogP contribution < -0.4 is 10.1 Å². The molecule has 3 N–H and O–H groups in total. The number of anilines is 2. The molecule has 0 amide bonds. The summed E-state index contributed by atoms with van der Waals surface area (Å²) in [5.41, 5.74) is 3.57. The number of hydrogen-bond acceptors (Lipinski definition) is 7. The van der Waals surface area contributed by atoms with Crippen molar-refractivity contribution in [2.24, 2.45) is 0 Å². The highest BCUT2D eigenvalue weighted by molar-refractivity contribution is 8.24. The van der Waals surface area contributed by atoms with Crippen molar-refractivity contribution in [2.45, 2.75) is 26.5 Å². The summed E-state index contributed by atoms with van der Waals surface area (Å²) in [6.07, 6.45) is 3.88. The van der Waals surface area contributed by atoms with Gasteiger partial charge in [-0.15, -0.1) is 0 Å². The quantitative estimate of drug-likeness (QED) is 0.264. The molecule has 0 radical (unpaired) electrons. The Labute approximate surface area is 217 Å². The third-order valence-electron chi connectivity index (χ3n) is 6.09. The molecule has 0 saturated carbocycles. The van der Waals surface area contributed by atoms with Gasteiger partial charge in [0, 0.05) is 53.8 Å². The van der Waals surface area contributed by atoms with Crippen molar-refractivity contribution in [1.82, 2.24) is 19.4 Å². The number of aromatic nitrogens is 3. The van der Waals surface area contributed by atoms with Gasteiger partial charge in [0.1, 0.15) is 11.4 Å². The molecule has 1 fully saturated rings. The summed E-state index contributed by atoms with van der Waals surface area (Å²) in [5, 5.41) is 4.85. The molecule has 2 aromatic carbocycles. The minimum absolute atomic E-state index is 0.124. The van der Waals surface area contributed by atoms with E-state index in [1.165, 1.54) is 0 Å². The second-order valence-electron chi connectivity index (χ2n) is 9.24. The summed E-state index contributed by atoms with van der Waals surface area (Å²) in [7, 11) is -2.41. The predicted octanol–water partition coefficient (Wildman–Crippen LogP) is 6.17. The number of rotatable bonds is 7. The van der Waals surface area contributed by atoms with Gasteiger partial charge in [0.05, 0.1) is 17.6 Å². The fraction of sp³-hybridized carbons (Fsp3) is 0.308. The molecule has 0 atom stereocenters. The highest BCUT2D eigenvalue weighted by atomic mass is 35.5. The topological polar surface area (TPSA) is 95.7 Å². The van der Waals surface area contributed by atoms with E-state index in [1.807, 2.05) is 73.1 Å². The van der Waals surface area contributed by atoms with E-state index in [0.29, 0.717) is 42.1 Å². The summed E-state index contributed by atoms with van der Waals surface area (Å²) in [4.78, 5) is 11.4. The minimum Gasteiger partial charge on any atom is -0.491 e. The molecule has 1 saturated heterocycles. The lowest BCUT2D eigenvalue weighted by Crippen LogP contribution is -2.37. The van der Waals surface area contributed by atoms with Crippen molar-refractivity contribution < 1.29 is 13.8 Å². The van der Waals surface area contributed by atoms with Gasteiger partial charge < -0.3 is 14.6 Å². The first-order chi connectivity index (χ1) is 17.3. The zero-order valence-corrected chi connectivity index (χ0v) is 21.8. The van der Waals surface area contributed by atoms with Gasteiger partial charge >= 0.3 is 0 Å². The molecule has 8 nitrogen and oxygen atoms in total. The molecular formula is C26H30ClN5O3S. The molecule has 2 aromatic heterocycles. The SMILES string of the molecule is CC(C)Oc1ccc(Nc2ncc3ccn(-c4ccc(CN5CCS(O)(O)CC5)c(Cl)c4)c3n2)cc1. The molecular weight excluding hydrogens is 498 g/mol. The van der Waals surface area contributed by atoms with Crippen LogP contribution in [0.2, 0.25) is 5.02 Å². The second kappa shape index (κ2) is 10.3. The van der Waals surface area contributed by atoms with E-state index >= 15 is 0 Å². The van der Waals surface area contributed by atoms with Crippen LogP contribution in [0.15, 0.2) is 60.9 Å². The standard InChI is InChI=1S/C26H30ClN5O3S/c1-18(2)35-23-7-4-21(5-8-23)29-26-28-16-19-9-10-32(25(19)30-26)22-6-3-20(24(27)15-22)17-31-11-13-36(33,34)14-12-31/h3-10,15-16,18,33-34H,11-14,17H2,1-2H3,(H,28,29,30). The van der Waals surface area contributed by atoms with Gasteiger partial charge in [0.25, 0.3) is 0 Å². The maximum absolute atomic E-state index is 9.85. The van der Waals surface area contributed by atoms with E-state index in [1.54, 1.807) is 6.20 Å². The molecule has 0 spiro atoms. The van der Waals surface area contributed by atoms with Crippen LogP contribution in [0.25, 0.3) is 16.7 Å². The van der Waals surface area contributed by atoms with Gasteiger partial charge in [-0.05, 0) is 61.9 Å². The lowest BCUT2D eigenvalue weighted by Gasteiger charge is -2.41. The summed E-state index contributed by atoms with van der Waals surface area (Å²) in [6.45, 7) is 5.99. The number of nitrogens with one attached hydrogen (secondary N) is 1. The molecule has 190 valence electrons. The van der Waals surface area contributed by atoms with Crippen LogP contribution in [0.3, 0.4) is 0 Å². The number of benzene rings is 2. The first kappa shape index (κ1) is 24.9. The predicted molar refractivity (Wildman–Crippen MR) is 147 cm³/mol. The molecule has 4 aromatic rings. The Morgan fingerprint density at radius 3 is 2.53 bits per heavy atom. The van der Waals surface area contributed by atoms with E-state index in [0.717, 1.165) is 33.7 Å². The monoisotopic (exact) mass is 527 g/mol. The number of halogens is 1. The molecule has 0 bridgehead atoms. The Morgan fingerprint density at radius 2 is 1.83 bits per heavy atom. The zero-order valence-electron chi connectivity index (χ0n) is 20.3. The Bertz CT molecular complexity index is 1350. The summed E-state index contributed by atoms with van der Waals surface area (Å²) >= 11 is 6.67.